The Bertz CT molecular complexity index is 582. The lowest BCUT2D eigenvalue weighted by atomic mass is 9.92. The summed E-state index contributed by atoms with van der Waals surface area (Å²) >= 11 is 0. The van der Waals surface area contributed by atoms with Crippen molar-refractivity contribution in [3.63, 3.8) is 0 Å². The molecule has 1 atom stereocenters. The molecule has 5 heteroatoms. The summed E-state index contributed by atoms with van der Waals surface area (Å²) in [6.45, 7) is 8.58. The minimum atomic E-state index is 0.118. The molecule has 1 unspecified atom stereocenters. The number of fused-ring (bicyclic) bond motifs is 1. The van der Waals surface area contributed by atoms with E-state index in [1.165, 1.54) is 5.56 Å². The number of rotatable bonds is 2. The molecule has 3 heterocycles. The Balaban J connectivity index is 1.95. The smallest absolute Gasteiger partial charge is 0.154 e. The van der Waals surface area contributed by atoms with E-state index >= 15 is 0 Å². The van der Waals surface area contributed by atoms with Crippen molar-refractivity contribution in [1.29, 1.82) is 0 Å². The molecule has 5 nitrogen and oxygen atoms in total. The third-order valence-corrected chi connectivity index (χ3v) is 3.53. The van der Waals surface area contributed by atoms with Gasteiger partial charge in [-0.05, 0) is 23.1 Å². The van der Waals surface area contributed by atoms with E-state index in [9.17, 15) is 0 Å². The number of aromatic nitrogens is 4. The molecular formula is C15H21N5. The Labute approximate surface area is 119 Å². The number of nitrogens with one attached hydrogen (secondary N) is 1. The highest BCUT2D eigenvalue weighted by molar-refractivity contribution is 5.24. The van der Waals surface area contributed by atoms with E-state index in [0.29, 0.717) is 0 Å². The Morgan fingerprint density at radius 2 is 2.00 bits per heavy atom. The highest BCUT2D eigenvalue weighted by atomic mass is 15.3. The van der Waals surface area contributed by atoms with Crippen LogP contribution >= 0.6 is 0 Å². The SMILES string of the molecule is CC(C)(C)Cc1nnc2n1CCNC2c1ccncc1. The van der Waals surface area contributed by atoms with Crippen LogP contribution in [0, 0.1) is 5.41 Å². The number of pyridine rings is 1. The van der Waals surface area contributed by atoms with Gasteiger partial charge in [-0.25, -0.2) is 0 Å². The quantitative estimate of drug-likeness (QED) is 0.907. The minimum Gasteiger partial charge on any atom is -0.312 e. The van der Waals surface area contributed by atoms with E-state index in [1.807, 2.05) is 24.5 Å². The third-order valence-electron chi connectivity index (χ3n) is 3.53. The summed E-state index contributed by atoms with van der Waals surface area (Å²) in [7, 11) is 0. The zero-order chi connectivity index (χ0) is 14.2. The van der Waals surface area contributed by atoms with Crippen molar-refractivity contribution in [2.75, 3.05) is 6.54 Å². The lowest BCUT2D eigenvalue weighted by Crippen LogP contribution is -2.35. The Morgan fingerprint density at radius 1 is 1.25 bits per heavy atom. The zero-order valence-corrected chi connectivity index (χ0v) is 12.3. The molecule has 0 aliphatic carbocycles. The normalized spacial score (nSPS) is 18.9. The molecule has 1 N–H and O–H groups in total. The maximum Gasteiger partial charge on any atom is 0.154 e. The molecule has 2 aromatic rings. The molecule has 1 aliphatic heterocycles. The van der Waals surface area contributed by atoms with Crippen molar-refractivity contribution >= 4 is 0 Å². The molecule has 3 rings (SSSR count). The van der Waals surface area contributed by atoms with E-state index in [4.69, 9.17) is 0 Å². The average Bonchev–Trinajstić information content (AvgIpc) is 2.81. The molecule has 0 amide bonds. The van der Waals surface area contributed by atoms with Crippen LogP contribution in [0.5, 0.6) is 0 Å². The van der Waals surface area contributed by atoms with E-state index in [-0.39, 0.29) is 11.5 Å². The first kappa shape index (κ1) is 13.2. The summed E-state index contributed by atoms with van der Waals surface area (Å²) in [5.41, 5.74) is 1.41. The zero-order valence-electron chi connectivity index (χ0n) is 12.3. The Hall–Kier alpha value is -1.75. The van der Waals surface area contributed by atoms with Gasteiger partial charge in [-0.15, -0.1) is 10.2 Å². The van der Waals surface area contributed by atoms with Crippen LogP contribution in [0.1, 0.15) is 44.0 Å². The van der Waals surface area contributed by atoms with E-state index < -0.39 is 0 Å². The molecule has 0 spiro atoms. The highest BCUT2D eigenvalue weighted by Gasteiger charge is 2.27. The fraction of sp³-hybridized carbons (Fsp3) is 0.533. The minimum absolute atomic E-state index is 0.118. The fourth-order valence-corrected chi connectivity index (χ4v) is 2.65. The average molecular weight is 271 g/mol. The van der Waals surface area contributed by atoms with E-state index in [0.717, 1.165) is 31.2 Å². The first-order valence-electron chi connectivity index (χ1n) is 7.10. The predicted octanol–water partition coefficient (Wildman–Crippen LogP) is 1.95. The summed E-state index contributed by atoms with van der Waals surface area (Å²) in [5.74, 6) is 2.11. The van der Waals surface area contributed by atoms with Gasteiger partial charge in [-0.1, -0.05) is 20.8 Å². The van der Waals surface area contributed by atoms with E-state index in [2.05, 4.69) is 45.8 Å². The van der Waals surface area contributed by atoms with Gasteiger partial charge in [0.2, 0.25) is 0 Å². The first-order chi connectivity index (χ1) is 9.54. The van der Waals surface area contributed by atoms with Crippen LogP contribution in [0.3, 0.4) is 0 Å². The Kier molecular flexibility index (Phi) is 3.30. The Morgan fingerprint density at radius 3 is 2.70 bits per heavy atom. The summed E-state index contributed by atoms with van der Waals surface area (Å²) in [5, 5.41) is 12.4. The lowest BCUT2D eigenvalue weighted by molar-refractivity contribution is 0.378. The topological polar surface area (TPSA) is 55.6 Å². The van der Waals surface area contributed by atoms with Gasteiger partial charge in [0.25, 0.3) is 0 Å². The molecule has 0 aromatic carbocycles. The summed E-state index contributed by atoms with van der Waals surface area (Å²) < 4.78 is 2.27. The molecule has 20 heavy (non-hydrogen) atoms. The molecule has 1 aliphatic rings. The molecule has 106 valence electrons. The molecule has 0 radical (unpaired) electrons. The molecule has 2 aromatic heterocycles. The van der Waals surface area contributed by atoms with Gasteiger partial charge >= 0.3 is 0 Å². The van der Waals surface area contributed by atoms with Gasteiger partial charge in [0, 0.05) is 31.9 Å². The summed E-state index contributed by atoms with van der Waals surface area (Å²) in [6.07, 6.45) is 4.59. The largest absolute Gasteiger partial charge is 0.312 e. The van der Waals surface area contributed by atoms with Gasteiger partial charge in [0.1, 0.15) is 5.82 Å². The maximum absolute atomic E-state index is 4.43. The molecular weight excluding hydrogens is 250 g/mol. The van der Waals surface area contributed by atoms with Crippen LogP contribution in [-0.4, -0.2) is 26.3 Å². The summed E-state index contributed by atoms with van der Waals surface area (Å²) in [6, 6.07) is 4.18. The van der Waals surface area contributed by atoms with Crippen molar-refractivity contribution in [3.05, 3.63) is 41.7 Å². The molecule has 0 fully saturated rings. The van der Waals surface area contributed by atoms with Crippen molar-refractivity contribution in [1.82, 2.24) is 25.1 Å². The van der Waals surface area contributed by atoms with Gasteiger partial charge in [-0.3, -0.25) is 4.98 Å². The monoisotopic (exact) mass is 271 g/mol. The van der Waals surface area contributed by atoms with Crippen LogP contribution in [0.25, 0.3) is 0 Å². The number of hydrogen-bond donors (Lipinski definition) is 1. The number of hydrogen-bond acceptors (Lipinski definition) is 4. The second kappa shape index (κ2) is 4.98. The second-order valence-corrected chi connectivity index (χ2v) is 6.53. The maximum atomic E-state index is 4.43. The fourth-order valence-electron chi connectivity index (χ4n) is 2.65. The first-order valence-corrected chi connectivity index (χ1v) is 7.10. The van der Waals surface area contributed by atoms with Gasteiger partial charge < -0.3 is 9.88 Å². The van der Waals surface area contributed by atoms with Crippen LogP contribution in [0.2, 0.25) is 0 Å². The lowest BCUT2D eigenvalue weighted by Gasteiger charge is -2.26. The van der Waals surface area contributed by atoms with Crippen molar-refractivity contribution < 1.29 is 0 Å². The van der Waals surface area contributed by atoms with E-state index in [1.54, 1.807) is 0 Å². The van der Waals surface area contributed by atoms with Gasteiger partial charge in [0.05, 0.1) is 6.04 Å². The van der Waals surface area contributed by atoms with Gasteiger partial charge in [0.15, 0.2) is 5.82 Å². The van der Waals surface area contributed by atoms with Crippen LogP contribution in [0.4, 0.5) is 0 Å². The highest BCUT2D eigenvalue weighted by Crippen LogP contribution is 2.26. The third kappa shape index (κ3) is 2.58. The summed E-state index contributed by atoms with van der Waals surface area (Å²) in [4.78, 5) is 4.08. The van der Waals surface area contributed by atoms with Crippen LogP contribution in [0.15, 0.2) is 24.5 Å². The van der Waals surface area contributed by atoms with Gasteiger partial charge in [-0.2, -0.15) is 0 Å². The van der Waals surface area contributed by atoms with Crippen molar-refractivity contribution in [2.45, 2.75) is 39.8 Å². The van der Waals surface area contributed by atoms with Crippen LogP contribution < -0.4 is 5.32 Å². The molecule has 0 bridgehead atoms. The second-order valence-electron chi connectivity index (χ2n) is 6.53. The standard InChI is InChI=1S/C15H21N5/c1-15(2,3)10-12-18-19-14-13(17-8-9-20(12)14)11-4-6-16-7-5-11/h4-7,13,17H,8-10H2,1-3H3. The molecule has 0 saturated heterocycles. The predicted molar refractivity (Wildman–Crippen MR) is 77.3 cm³/mol. The molecule has 0 saturated carbocycles. The van der Waals surface area contributed by atoms with Crippen LogP contribution in [-0.2, 0) is 13.0 Å². The van der Waals surface area contributed by atoms with Crippen molar-refractivity contribution in [3.8, 4) is 0 Å². The number of nitrogens with zero attached hydrogens (tertiary/aromatic N) is 4. The van der Waals surface area contributed by atoms with Crippen molar-refractivity contribution in [2.24, 2.45) is 5.41 Å².